The quantitative estimate of drug-likeness (QED) is 0.721. The zero-order valence-corrected chi connectivity index (χ0v) is 12.7. The summed E-state index contributed by atoms with van der Waals surface area (Å²) < 4.78 is 0. The summed E-state index contributed by atoms with van der Waals surface area (Å²) in [6.45, 7) is 4.11. The average Bonchev–Trinajstić information content (AvgIpc) is 2.18. The molecule has 3 nitrogen and oxygen atoms in total. The first-order valence-electron chi connectivity index (χ1n) is 4.33. The monoisotopic (exact) mass is 401 g/mol. The summed E-state index contributed by atoms with van der Waals surface area (Å²) in [5, 5.41) is 7.62. The van der Waals surface area contributed by atoms with Gasteiger partial charge in [-0.15, -0.1) is 0 Å². The van der Waals surface area contributed by atoms with Crippen LogP contribution in [0.4, 0.5) is 0 Å². The van der Waals surface area contributed by atoms with E-state index in [9.17, 15) is 0 Å². The molecule has 0 radical (unpaired) electrons. The van der Waals surface area contributed by atoms with Crippen LogP contribution in [0.25, 0.3) is 0 Å². The van der Waals surface area contributed by atoms with Crippen molar-refractivity contribution in [1.82, 2.24) is 9.80 Å². The summed E-state index contributed by atoms with van der Waals surface area (Å²) in [4.78, 5) is 4.36. The minimum atomic E-state index is 0.625. The van der Waals surface area contributed by atoms with Crippen LogP contribution in [0.3, 0.4) is 0 Å². The van der Waals surface area contributed by atoms with Crippen LogP contribution in [0.1, 0.15) is 13.3 Å². The number of nitrogens with zero attached hydrogens (tertiary/aromatic N) is 3. The molecule has 0 bridgehead atoms. The molecule has 0 aromatic rings. The molecule has 0 saturated heterocycles. The van der Waals surface area contributed by atoms with Gasteiger partial charge in [0.05, 0.1) is 6.07 Å². The average molecular weight is 402 g/mol. The Balaban J connectivity index is -0.000000170. The standard InChI is InChI=1S/C6H16N2.C3H5N.ClH.Pt/c1-7(2)5-6-8(3)4;1-2-3-4;;/h5-6H2,1-4H3;2H2,1H3;1H;/q;;;+1/p-1. The SMILES string of the molecule is CCC#N.CN(C)CCN(C)C.[Cl][Pt]. The fourth-order valence-electron chi connectivity index (χ4n) is 0.400. The molecule has 0 rings (SSSR count). The Morgan fingerprint density at radius 3 is 1.36 bits per heavy atom. The van der Waals surface area contributed by atoms with Gasteiger partial charge < -0.3 is 9.80 Å². The summed E-state index contributed by atoms with van der Waals surface area (Å²) in [5.41, 5.74) is 0. The molecule has 0 amide bonds. The van der Waals surface area contributed by atoms with Crippen molar-refractivity contribution in [2.24, 2.45) is 0 Å². The number of likely N-dealkylation sites (N-methyl/N-ethyl adjacent to an activating group) is 2. The van der Waals surface area contributed by atoms with E-state index in [1.165, 1.54) is 0 Å². The Morgan fingerprint density at radius 1 is 1.07 bits per heavy atom. The molecule has 0 unspecified atom stereocenters. The zero-order chi connectivity index (χ0) is 12.0. The van der Waals surface area contributed by atoms with Gasteiger partial charge in [0.15, 0.2) is 0 Å². The first-order chi connectivity index (χ1) is 6.54. The van der Waals surface area contributed by atoms with Crippen molar-refractivity contribution in [1.29, 1.82) is 5.26 Å². The second kappa shape index (κ2) is 19.0. The van der Waals surface area contributed by atoms with Crippen molar-refractivity contribution < 1.29 is 18.8 Å². The van der Waals surface area contributed by atoms with Crippen molar-refractivity contribution in [3.63, 3.8) is 0 Å². The number of hydrogen-bond acceptors (Lipinski definition) is 3. The molecule has 0 fully saturated rings. The molecule has 0 spiro atoms. The maximum atomic E-state index is 7.62. The maximum absolute atomic E-state index is 7.62. The van der Waals surface area contributed by atoms with Gasteiger partial charge in [-0.2, -0.15) is 5.26 Å². The molecular formula is C9H21ClN3Pt. The minimum absolute atomic E-state index is 0.625. The molecule has 0 aromatic carbocycles. The van der Waals surface area contributed by atoms with Crippen LogP contribution < -0.4 is 0 Å². The molecule has 89 valence electrons. The molecule has 5 heteroatoms. The van der Waals surface area contributed by atoms with Gasteiger partial charge in [-0.1, -0.05) is 6.92 Å². The van der Waals surface area contributed by atoms with Crippen LogP contribution in [-0.2, 0) is 18.8 Å². The summed E-state index contributed by atoms with van der Waals surface area (Å²) in [5.74, 6) is 0. The van der Waals surface area contributed by atoms with Gasteiger partial charge in [0, 0.05) is 19.5 Å². The van der Waals surface area contributed by atoms with Crippen molar-refractivity contribution in [3.8, 4) is 6.07 Å². The molecule has 0 heterocycles. The van der Waals surface area contributed by atoms with Gasteiger partial charge in [0.1, 0.15) is 0 Å². The molecule has 0 saturated carbocycles. The molecule has 0 N–H and O–H groups in total. The molecule has 0 aliphatic carbocycles. The van der Waals surface area contributed by atoms with Gasteiger partial charge in [-0.3, -0.25) is 0 Å². The second-order valence-electron chi connectivity index (χ2n) is 3.12. The Hall–Kier alpha value is 0.388. The van der Waals surface area contributed by atoms with Gasteiger partial charge in [-0.05, 0) is 28.2 Å². The Bertz CT molecular complexity index is 116. The molecule has 0 aromatic heterocycles. The van der Waals surface area contributed by atoms with Gasteiger partial charge in [0.2, 0.25) is 0 Å². The van der Waals surface area contributed by atoms with Crippen molar-refractivity contribution >= 4 is 9.42 Å². The van der Waals surface area contributed by atoms with Crippen LogP contribution >= 0.6 is 9.42 Å². The van der Waals surface area contributed by atoms with E-state index in [0.717, 1.165) is 13.1 Å². The van der Waals surface area contributed by atoms with E-state index in [4.69, 9.17) is 5.26 Å². The Morgan fingerprint density at radius 2 is 1.29 bits per heavy atom. The summed E-state index contributed by atoms with van der Waals surface area (Å²) in [6.07, 6.45) is 0.625. The van der Waals surface area contributed by atoms with Crippen LogP contribution in [-0.4, -0.2) is 51.1 Å². The molecule has 0 aliphatic heterocycles. The molecule has 14 heavy (non-hydrogen) atoms. The van der Waals surface area contributed by atoms with Crippen LogP contribution in [0.5, 0.6) is 0 Å². The number of hydrogen-bond donors (Lipinski definition) is 0. The van der Waals surface area contributed by atoms with Crippen molar-refractivity contribution in [2.45, 2.75) is 13.3 Å². The van der Waals surface area contributed by atoms with E-state index in [1.54, 1.807) is 18.8 Å². The van der Waals surface area contributed by atoms with Gasteiger partial charge in [0.25, 0.3) is 0 Å². The predicted molar refractivity (Wildman–Crippen MR) is 58.9 cm³/mol. The Kier molecular flexibility index (Phi) is 27.0. The first-order valence-corrected chi connectivity index (χ1v) is 7.14. The predicted octanol–water partition coefficient (Wildman–Crippen LogP) is 1.72. The van der Waals surface area contributed by atoms with Crippen molar-refractivity contribution in [2.75, 3.05) is 41.3 Å². The van der Waals surface area contributed by atoms with Crippen LogP contribution in [0.15, 0.2) is 0 Å². The Labute approximate surface area is 104 Å². The fraction of sp³-hybridized carbons (Fsp3) is 0.889. The topological polar surface area (TPSA) is 30.3 Å². The zero-order valence-electron chi connectivity index (χ0n) is 9.66. The third kappa shape index (κ3) is 39.4. The summed E-state index contributed by atoms with van der Waals surface area (Å²) in [6, 6.07) is 1.93. The number of rotatable bonds is 3. The summed E-state index contributed by atoms with van der Waals surface area (Å²) in [7, 11) is 13.0. The second-order valence-corrected chi connectivity index (χ2v) is 3.12. The number of nitriles is 1. The van der Waals surface area contributed by atoms with E-state index in [2.05, 4.69) is 47.4 Å². The van der Waals surface area contributed by atoms with Crippen LogP contribution in [0.2, 0.25) is 0 Å². The van der Waals surface area contributed by atoms with Crippen LogP contribution in [0, 0.1) is 11.3 Å². The van der Waals surface area contributed by atoms with Gasteiger partial charge in [-0.25, -0.2) is 0 Å². The third-order valence-electron chi connectivity index (χ3n) is 1.15. The van der Waals surface area contributed by atoms with E-state index in [1.807, 2.05) is 13.0 Å². The fourth-order valence-corrected chi connectivity index (χ4v) is 0.400. The molecule has 0 atom stereocenters. The molecular weight excluding hydrogens is 381 g/mol. The van der Waals surface area contributed by atoms with E-state index in [-0.39, 0.29) is 0 Å². The molecule has 0 aliphatic rings. The van der Waals surface area contributed by atoms with Gasteiger partial charge >= 0.3 is 28.2 Å². The number of halogens is 1. The van der Waals surface area contributed by atoms with E-state index in [0.29, 0.717) is 6.42 Å². The van der Waals surface area contributed by atoms with Crippen molar-refractivity contribution in [3.05, 3.63) is 0 Å². The first kappa shape index (κ1) is 19.9. The normalized spacial score (nSPS) is 8.36. The summed E-state index contributed by atoms with van der Waals surface area (Å²) >= 11 is 1.61. The van der Waals surface area contributed by atoms with E-state index >= 15 is 0 Å². The third-order valence-corrected chi connectivity index (χ3v) is 1.15. The van der Waals surface area contributed by atoms with E-state index < -0.39 is 0 Å².